The molecule has 1 atom stereocenters. The number of hydrogen-bond acceptors (Lipinski definition) is 3. The van der Waals surface area contributed by atoms with Crippen LogP contribution in [0.5, 0.6) is 0 Å². The van der Waals surface area contributed by atoms with Gasteiger partial charge in [0.05, 0.1) is 6.33 Å². The highest BCUT2D eigenvalue weighted by Gasteiger charge is 2.25. The van der Waals surface area contributed by atoms with Crippen LogP contribution in [0.4, 0.5) is 0 Å². The molecule has 1 heterocycles. The van der Waals surface area contributed by atoms with Crippen molar-refractivity contribution in [1.82, 2.24) is 14.3 Å². The number of hydrogen-bond donors (Lipinski definition) is 1. The van der Waals surface area contributed by atoms with Gasteiger partial charge >= 0.3 is 0 Å². The Labute approximate surface area is 123 Å². The van der Waals surface area contributed by atoms with Crippen LogP contribution in [0.1, 0.15) is 24.1 Å². The summed E-state index contributed by atoms with van der Waals surface area (Å²) in [5, 5.41) is -0.0587. The van der Waals surface area contributed by atoms with Crippen LogP contribution in [0.2, 0.25) is 5.15 Å². The van der Waals surface area contributed by atoms with Gasteiger partial charge < -0.3 is 4.57 Å². The topological polar surface area (TPSA) is 64.0 Å². The van der Waals surface area contributed by atoms with Crippen LogP contribution in [0.25, 0.3) is 0 Å². The molecule has 0 aliphatic rings. The summed E-state index contributed by atoms with van der Waals surface area (Å²) in [6, 6.07) is 7.26. The van der Waals surface area contributed by atoms with Crippen molar-refractivity contribution in [1.29, 1.82) is 0 Å². The Morgan fingerprint density at radius 3 is 2.55 bits per heavy atom. The average Bonchev–Trinajstić information content (AvgIpc) is 2.70. The summed E-state index contributed by atoms with van der Waals surface area (Å²) in [5.41, 5.74) is 1.94. The van der Waals surface area contributed by atoms with Crippen molar-refractivity contribution in [2.75, 3.05) is 0 Å². The fourth-order valence-corrected chi connectivity index (χ4v) is 3.65. The Morgan fingerprint density at radius 2 is 2.00 bits per heavy atom. The van der Waals surface area contributed by atoms with Crippen LogP contribution in [0.3, 0.4) is 0 Å². The second kappa shape index (κ2) is 5.55. The number of sulfonamides is 1. The third-order valence-electron chi connectivity index (χ3n) is 3.08. The number of nitrogens with one attached hydrogen (secondary N) is 1. The summed E-state index contributed by atoms with van der Waals surface area (Å²) in [4.78, 5) is 3.84. The Bertz CT molecular complexity index is 725. The highest BCUT2D eigenvalue weighted by molar-refractivity contribution is 7.89. The van der Waals surface area contributed by atoms with E-state index in [-0.39, 0.29) is 16.2 Å². The molecule has 0 amide bonds. The molecule has 0 radical (unpaired) electrons. The number of halogens is 1. The molecule has 0 aliphatic heterocycles. The molecule has 0 aliphatic carbocycles. The molecule has 20 heavy (non-hydrogen) atoms. The van der Waals surface area contributed by atoms with Gasteiger partial charge in [0, 0.05) is 13.1 Å². The van der Waals surface area contributed by atoms with E-state index < -0.39 is 10.0 Å². The summed E-state index contributed by atoms with van der Waals surface area (Å²) < 4.78 is 28.6. The highest BCUT2D eigenvalue weighted by Crippen LogP contribution is 2.22. The molecule has 2 aromatic rings. The minimum absolute atomic E-state index is 0.0921. The molecule has 2 rings (SSSR count). The van der Waals surface area contributed by atoms with E-state index in [0.717, 1.165) is 11.1 Å². The number of aryl methyl sites for hydroxylation is 2. The Morgan fingerprint density at radius 1 is 1.35 bits per heavy atom. The number of benzene rings is 1. The van der Waals surface area contributed by atoms with Crippen LogP contribution < -0.4 is 4.72 Å². The molecule has 0 bridgehead atoms. The smallest absolute Gasteiger partial charge is 0.261 e. The zero-order chi connectivity index (χ0) is 14.9. The van der Waals surface area contributed by atoms with Crippen molar-refractivity contribution >= 4 is 21.6 Å². The van der Waals surface area contributed by atoms with E-state index >= 15 is 0 Å². The van der Waals surface area contributed by atoms with Gasteiger partial charge in [-0.05, 0) is 25.0 Å². The maximum Gasteiger partial charge on any atom is 0.261 e. The first-order valence-corrected chi connectivity index (χ1v) is 7.93. The van der Waals surface area contributed by atoms with E-state index in [0.29, 0.717) is 0 Å². The van der Waals surface area contributed by atoms with Crippen LogP contribution >= 0.6 is 11.6 Å². The van der Waals surface area contributed by atoms with Crippen LogP contribution in [0, 0.1) is 6.92 Å². The number of aromatic nitrogens is 2. The summed E-state index contributed by atoms with van der Waals surface area (Å²) in [5.74, 6) is 0. The summed E-state index contributed by atoms with van der Waals surface area (Å²) in [7, 11) is -2.11. The van der Waals surface area contributed by atoms with Gasteiger partial charge in [-0.3, -0.25) is 0 Å². The van der Waals surface area contributed by atoms with Gasteiger partial charge in [0.25, 0.3) is 10.0 Å². The molecular weight excluding hydrogens is 298 g/mol. The van der Waals surface area contributed by atoms with Crippen molar-refractivity contribution in [2.24, 2.45) is 7.05 Å². The van der Waals surface area contributed by atoms with Gasteiger partial charge in [-0.2, -0.15) is 0 Å². The molecule has 1 unspecified atom stereocenters. The predicted octanol–water partition coefficient (Wildman–Crippen LogP) is 2.42. The van der Waals surface area contributed by atoms with E-state index in [4.69, 9.17) is 11.6 Å². The van der Waals surface area contributed by atoms with Gasteiger partial charge in [-0.1, -0.05) is 35.9 Å². The van der Waals surface area contributed by atoms with E-state index in [1.54, 1.807) is 14.0 Å². The SMILES string of the molecule is Cc1ccccc1C(C)NS(=O)(=O)c1ncn(C)c1Cl. The number of rotatable bonds is 4. The molecule has 7 heteroatoms. The maximum absolute atomic E-state index is 12.3. The first kappa shape index (κ1) is 15.0. The monoisotopic (exact) mass is 313 g/mol. The highest BCUT2D eigenvalue weighted by atomic mass is 35.5. The normalized spacial score (nSPS) is 13.4. The predicted molar refractivity (Wildman–Crippen MR) is 78.1 cm³/mol. The summed E-state index contributed by atoms with van der Waals surface area (Å²) in [6.45, 7) is 3.73. The minimum Gasteiger partial charge on any atom is -0.324 e. The first-order chi connectivity index (χ1) is 9.33. The molecule has 5 nitrogen and oxygen atoms in total. The third kappa shape index (κ3) is 2.87. The average molecular weight is 314 g/mol. The second-order valence-corrected chi connectivity index (χ2v) is 6.64. The van der Waals surface area contributed by atoms with Crippen molar-refractivity contribution in [3.63, 3.8) is 0 Å². The molecule has 1 N–H and O–H groups in total. The minimum atomic E-state index is -3.75. The lowest BCUT2D eigenvalue weighted by molar-refractivity contribution is 0.563. The molecule has 0 saturated heterocycles. The number of nitrogens with zero attached hydrogens (tertiary/aromatic N) is 2. The summed E-state index contributed by atoms with van der Waals surface area (Å²) in [6.07, 6.45) is 1.37. The van der Waals surface area contributed by atoms with Gasteiger partial charge in [0.2, 0.25) is 5.03 Å². The fourth-order valence-electron chi connectivity index (χ4n) is 2.00. The van der Waals surface area contributed by atoms with Crippen molar-refractivity contribution in [3.8, 4) is 0 Å². The van der Waals surface area contributed by atoms with Crippen molar-refractivity contribution in [2.45, 2.75) is 24.9 Å². The fraction of sp³-hybridized carbons (Fsp3) is 0.308. The molecular formula is C13H16ClN3O2S. The van der Waals surface area contributed by atoms with E-state index in [1.165, 1.54) is 10.9 Å². The molecule has 0 saturated carbocycles. The summed E-state index contributed by atoms with van der Waals surface area (Å²) >= 11 is 5.94. The third-order valence-corrected chi connectivity index (χ3v) is 5.11. The Hall–Kier alpha value is -1.37. The van der Waals surface area contributed by atoms with E-state index in [2.05, 4.69) is 9.71 Å². The number of imidazole rings is 1. The lowest BCUT2D eigenvalue weighted by Gasteiger charge is -2.16. The lowest BCUT2D eigenvalue weighted by Crippen LogP contribution is -2.27. The molecule has 1 aromatic heterocycles. The van der Waals surface area contributed by atoms with Gasteiger partial charge in [0.15, 0.2) is 0 Å². The Kier molecular flexibility index (Phi) is 4.17. The molecule has 0 fully saturated rings. The van der Waals surface area contributed by atoms with Crippen LogP contribution in [-0.4, -0.2) is 18.0 Å². The molecule has 108 valence electrons. The van der Waals surface area contributed by atoms with E-state index in [9.17, 15) is 8.42 Å². The Balaban J connectivity index is 2.30. The van der Waals surface area contributed by atoms with Crippen LogP contribution in [-0.2, 0) is 17.1 Å². The van der Waals surface area contributed by atoms with Crippen molar-refractivity contribution in [3.05, 3.63) is 46.9 Å². The zero-order valence-corrected chi connectivity index (χ0v) is 13.0. The lowest BCUT2D eigenvalue weighted by atomic mass is 10.0. The van der Waals surface area contributed by atoms with E-state index in [1.807, 2.05) is 31.2 Å². The van der Waals surface area contributed by atoms with Gasteiger partial charge in [-0.25, -0.2) is 18.1 Å². The molecule has 0 spiro atoms. The molecule has 1 aromatic carbocycles. The second-order valence-electron chi connectivity index (χ2n) is 4.65. The maximum atomic E-state index is 12.3. The van der Waals surface area contributed by atoms with Crippen LogP contribution in [0.15, 0.2) is 35.6 Å². The van der Waals surface area contributed by atoms with Crippen molar-refractivity contribution < 1.29 is 8.42 Å². The van der Waals surface area contributed by atoms with Gasteiger partial charge in [-0.15, -0.1) is 0 Å². The van der Waals surface area contributed by atoms with Gasteiger partial charge in [0.1, 0.15) is 5.15 Å². The standard InChI is InChI=1S/C13H16ClN3O2S/c1-9-6-4-5-7-11(9)10(2)16-20(18,19)13-12(14)17(3)8-15-13/h4-8,10,16H,1-3H3. The quantitative estimate of drug-likeness (QED) is 0.943. The first-order valence-electron chi connectivity index (χ1n) is 6.07. The zero-order valence-electron chi connectivity index (χ0n) is 11.5. The largest absolute Gasteiger partial charge is 0.324 e.